The molecule has 1 heterocycles. The molecule has 1 nitrogen and oxygen atoms in total. The summed E-state index contributed by atoms with van der Waals surface area (Å²) in [6, 6.07) is 0. The summed E-state index contributed by atoms with van der Waals surface area (Å²) in [6.45, 7) is 4.55. The Morgan fingerprint density at radius 1 is 1.56 bits per heavy atom. The second-order valence-electron chi connectivity index (χ2n) is 3.29. The number of piperidine rings is 1. The van der Waals surface area contributed by atoms with Gasteiger partial charge in [0.2, 0.25) is 0 Å². The molecule has 1 rings (SSSR count). The van der Waals surface area contributed by atoms with E-state index >= 15 is 0 Å². The topological polar surface area (TPSA) is 12.0 Å². The minimum atomic E-state index is 0.384. The standard InChI is InChI=1S/C7H13N.W/c1-7(2)5-3-4-6-8-7;/h8H,3-5H2,1-2H3;. The molecule has 0 spiro atoms. The molecule has 0 aliphatic carbocycles. The van der Waals surface area contributed by atoms with Crippen LogP contribution in [0.2, 0.25) is 0 Å². The number of nitrogens with one attached hydrogen (secondary N) is 1. The molecule has 2 heteroatoms. The molecular weight excluding hydrogens is 282 g/mol. The summed E-state index contributed by atoms with van der Waals surface area (Å²) >= 11 is 1.61. The van der Waals surface area contributed by atoms with Gasteiger partial charge in [0.05, 0.1) is 0 Å². The molecule has 0 amide bonds. The normalized spacial score (nSPS) is 26.2. The van der Waals surface area contributed by atoms with Gasteiger partial charge in [0, 0.05) is 0 Å². The van der Waals surface area contributed by atoms with E-state index in [1.54, 1.807) is 19.4 Å². The van der Waals surface area contributed by atoms with E-state index in [-0.39, 0.29) is 0 Å². The molecule has 1 aliphatic heterocycles. The second kappa shape index (κ2) is 2.63. The van der Waals surface area contributed by atoms with Gasteiger partial charge in [0.25, 0.3) is 0 Å². The Balaban J connectivity index is 2.51. The van der Waals surface area contributed by atoms with E-state index in [1.807, 2.05) is 0 Å². The maximum atomic E-state index is 3.51. The van der Waals surface area contributed by atoms with Crippen LogP contribution in [0.1, 0.15) is 33.1 Å². The molecule has 0 bridgehead atoms. The van der Waals surface area contributed by atoms with Crippen molar-refractivity contribution in [3.05, 3.63) is 0 Å². The second-order valence-corrected chi connectivity index (χ2v) is 5.06. The first-order valence-electron chi connectivity index (χ1n) is 3.41. The number of hydrogen-bond acceptors (Lipinski definition) is 1. The number of hydrogen-bond donors (Lipinski definition) is 1. The fraction of sp³-hybridized carbons (Fsp3) is 0.857. The first-order chi connectivity index (χ1) is 4.10. The Morgan fingerprint density at radius 3 is 2.56 bits per heavy atom. The van der Waals surface area contributed by atoms with Crippen LogP contribution in [0.25, 0.3) is 0 Å². The third-order valence-electron chi connectivity index (χ3n) is 1.68. The van der Waals surface area contributed by atoms with Crippen molar-refractivity contribution in [2.45, 2.75) is 38.6 Å². The van der Waals surface area contributed by atoms with E-state index in [4.69, 9.17) is 0 Å². The van der Waals surface area contributed by atoms with Crippen molar-refractivity contribution in [2.75, 3.05) is 0 Å². The summed E-state index contributed by atoms with van der Waals surface area (Å²) < 4.78 is 1.53. The molecule has 1 saturated heterocycles. The van der Waals surface area contributed by atoms with Crippen molar-refractivity contribution in [2.24, 2.45) is 0 Å². The molecule has 9 heavy (non-hydrogen) atoms. The van der Waals surface area contributed by atoms with Gasteiger partial charge in [-0.25, -0.2) is 0 Å². The van der Waals surface area contributed by atoms with E-state index in [0.29, 0.717) is 5.54 Å². The Labute approximate surface area is 67.6 Å². The van der Waals surface area contributed by atoms with Crippen LogP contribution in [0.15, 0.2) is 0 Å². The third kappa shape index (κ3) is 2.31. The van der Waals surface area contributed by atoms with Gasteiger partial charge in [-0.2, -0.15) is 0 Å². The molecule has 0 radical (unpaired) electrons. The monoisotopic (exact) mass is 295 g/mol. The van der Waals surface area contributed by atoms with Crippen LogP contribution in [-0.4, -0.2) is 9.56 Å². The van der Waals surface area contributed by atoms with E-state index < -0.39 is 0 Å². The van der Waals surface area contributed by atoms with Gasteiger partial charge in [0.15, 0.2) is 0 Å². The summed E-state index contributed by atoms with van der Waals surface area (Å²) in [4.78, 5) is 0. The summed E-state index contributed by atoms with van der Waals surface area (Å²) in [5, 5.41) is 3.51. The van der Waals surface area contributed by atoms with Crippen LogP contribution < -0.4 is 5.32 Å². The van der Waals surface area contributed by atoms with Gasteiger partial charge in [-0.15, -0.1) is 0 Å². The van der Waals surface area contributed by atoms with Gasteiger partial charge < -0.3 is 0 Å². The Kier molecular flexibility index (Phi) is 2.23. The molecule has 0 aromatic carbocycles. The fourth-order valence-electron chi connectivity index (χ4n) is 1.19. The Bertz CT molecular complexity index is 129. The van der Waals surface area contributed by atoms with Crippen molar-refractivity contribution < 1.29 is 19.4 Å². The quantitative estimate of drug-likeness (QED) is 0.708. The molecule has 0 saturated carbocycles. The summed E-state index contributed by atoms with van der Waals surface area (Å²) in [7, 11) is 0. The fourth-order valence-corrected chi connectivity index (χ4v) is 2.70. The molecule has 0 aromatic heterocycles. The van der Waals surface area contributed by atoms with Gasteiger partial charge >= 0.3 is 67.3 Å². The minimum absolute atomic E-state index is 0.384. The molecule has 0 unspecified atom stereocenters. The first-order valence-corrected chi connectivity index (χ1v) is 4.88. The van der Waals surface area contributed by atoms with Crippen LogP contribution in [0.5, 0.6) is 0 Å². The average Bonchev–Trinajstić information content (AvgIpc) is 1.60. The average molecular weight is 295 g/mol. The van der Waals surface area contributed by atoms with E-state index in [0.717, 1.165) is 0 Å². The zero-order chi connectivity index (χ0) is 6.91. The van der Waals surface area contributed by atoms with Crippen LogP contribution in [0, 0.1) is 0 Å². The SMILES string of the molecule is CC1(C)CCC[C](=[W])N1. The predicted octanol–water partition coefficient (Wildman–Crippen LogP) is 1.22. The van der Waals surface area contributed by atoms with Crippen molar-refractivity contribution >= 4 is 4.02 Å². The number of rotatable bonds is 0. The van der Waals surface area contributed by atoms with Gasteiger partial charge in [-0.1, -0.05) is 0 Å². The van der Waals surface area contributed by atoms with Crippen LogP contribution in [-0.2, 0) is 19.4 Å². The summed E-state index contributed by atoms with van der Waals surface area (Å²) in [5.41, 5.74) is 0.384. The first kappa shape index (κ1) is 7.62. The molecule has 0 aromatic rings. The van der Waals surface area contributed by atoms with Crippen LogP contribution >= 0.6 is 0 Å². The van der Waals surface area contributed by atoms with E-state index in [1.165, 1.54) is 23.3 Å². The molecule has 1 fully saturated rings. The Hall–Kier alpha value is 0.518. The predicted molar refractivity (Wildman–Crippen MR) is 36.1 cm³/mol. The van der Waals surface area contributed by atoms with Crippen LogP contribution in [0.4, 0.5) is 0 Å². The molecular formula is C7H13NW. The van der Waals surface area contributed by atoms with Crippen molar-refractivity contribution in [1.29, 1.82) is 0 Å². The van der Waals surface area contributed by atoms with Crippen LogP contribution in [0.3, 0.4) is 0 Å². The van der Waals surface area contributed by atoms with Crippen molar-refractivity contribution in [3.63, 3.8) is 0 Å². The van der Waals surface area contributed by atoms with E-state index in [2.05, 4.69) is 19.2 Å². The molecule has 52 valence electrons. The van der Waals surface area contributed by atoms with Gasteiger partial charge in [-0.3, -0.25) is 0 Å². The van der Waals surface area contributed by atoms with E-state index in [9.17, 15) is 0 Å². The van der Waals surface area contributed by atoms with Gasteiger partial charge in [0.1, 0.15) is 0 Å². The molecule has 0 atom stereocenters. The molecule has 1 aliphatic rings. The maximum absolute atomic E-state index is 3.51. The summed E-state index contributed by atoms with van der Waals surface area (Å²) in [5.74, 6) is 0. The Morgan fingerprint density at radius 2 is 2.22 bits per heavy atom. The zero-order valence-corrected chi connectivity index (χ0v) is 8.96. The third-order valence-corrected chi connectivity index (χ3v) is 2.78. The zero-order valence-electron chi connectivity index (χ0n) is 6.03. The molecule has 1 N–H and O–H groups in total. The van der Waals surface area contributed by atoms with Gasteiger partial charge in [-0.05, 0) is 0 Å². The van der Waals surface area contributed by atoms with Crippen molar-refractivity contribution in [3.8, 4) is 0 Å². The van der Waals surface area contributed by atoms with Crippen molar-refractivity contribution in [1.82, 2.24) is 5.32 Å². The summed E-state index contributed by atoms with van der Waals surface area (Å²) in [6.07, 6.45) is 4.00.